The number of aromatic nitrogens is 3. The third-order valence-corrected chi connectivity index (χ3v) is 2.55. The number of hydrogen-bond donors (Lipinski definition) is 0. The first-order chi connectivity index (χ1) is 7.83. The lowest BCUT2D eigenvalue weighted by Gasteiger charge is -2.00. The molecular weight excluding hydrogens is 222 g/mol. The number of benzene rings is 1. The van der Waals surface area contributed by atoms with Crippen LogP contribution in [0.15, 0.2) is 48.7 Å². The Balaban J connectivity index is 2.18. The van der Waals surface area contributed by atoms with E-state index in [-0.39, 0.29) is 0 Å². The largest absolute Gasteiger partial charge is 0.228 e. The van der Waals surface area contributed by atoms with Gasteiger partial charge in [0.2, 0.25) is 0 Å². The highest BCUT2D eigenvalue weighted by Gasteiger charge is 2.03. The van der Waals surface area contributed by atoms with E-state index in [0.717, 1.165) is 16.9 Å². The molecular formula is C12H8ClN3. The van der Waals surface area contributed by atoms with Gasteiger partial charge in [0.1, 0.15) is 0 Å². The SMILES string of the molecule is Clc1cc2nc(-c3ccccc3)ccn2n1. The summed E-state index contributed by atoms with van der Waals surface area (Å²) in [5.41, 5.74) is 2.76. The van der Waals surface area contributed by atoms with Crippen molar-refractivity contribution in [1.82, 2.24) is 14.6 Å². The lowest BCUT2D eigenvalue weighted by Crippen LogP contribution is -1.91. The van der Waals surface area contributed by atoms with Gasteiger partial charge < -0.3 is 0 Å². The van der Waals surface area contributed by atoms with Crippen LogP contribution < -0.4 is 0 Å². The molecule has 3 nitrogen and oxygen atoms in total. The predicted molar refractivity (Wildman–Crippen MR) is 63.4 cm³/mol. The van der Waals surface area contributed by atoms with Crippen LogP contribution in [-0.4, -0.2) is 14.6 Å². The molecule has 16 heavy (non-hydrogen) atoms. The van der Waals surface area contributed by atoms with Gasteiger partial charge in [-0.05, 0) is 6.07 Å². The quantitative estimate of drug-likeness (QED) is 0.642. The van der Waals surface area contributed by atoms with Crippen molar-refractivity contribution in [2.24, 2.45) is 0 Å². The van der Waals surface area contributed by atoms with Crippen LogP contribution in [0.3, 0.4) is 0 Å². The summed E-state index contributed by atoms with van der Waals surface area (Å²) in [7, 11) is 0. The summed E-state index contributed by atoms with van der Waals surface area (Å²) in [6.07, 6.45) is 1.86. The van der Waals surface area contributed by atoms with Gasteiger partial charge >= 0.3 is 0 Å². The highest BCUT2D eigenvalue weighted by atomic mass is 35.5. The fourth-order valence-corrected chi connectivity index (χ4v) is 1.80. The Hall–Kier alpha value is -1.87. The highest BCUT2D eigenvalue weighted by molar-refractivity contribution is 6.29. The number of rotatable bonds is 1. The van der Waals surface area contributed by atoms with Gasteiger partial charge in [-0.3, -0.25) is 0 Å². The normalized spacial score (nSPS) is 10.8. The number of nitrogens with zero attached hydrogens (tertiary/aromatic N) is 3. The molecule has 0 saturated heterocycles. The van der Waals surface area contributed by atoms with Crippen LogP contribution in [0.5, 0.6) is 0 Å². The molecule has 0 spiro atoms. The van der Waals surface area contributed by atoms with E-state index < -0.39 is 0 Å². The van der Waals surface area contributed by atoms with Crippen LogP contribution in [0.1, 0.15) is 0 Å². The van der Waals surface area contributed by atoms with Crippen LogP contribution in [0, 0.1) is 0 Å². The Morgan fingerprint density at radius 3 is 2.69 bits per heavy atom. The van der Waals surface area contributed by atoms with E-state index in [1.165, 1.54) is 0 Å². The monoisotopic (exact) mass is 229 g/mol. The third-order valence-electron chi connectivity index (χ3n) is 2.36. The van der Waals surface area contributed by atoms with Crippen LogP contribution in [0.4, 0.5) is 0 Å². The van der Waals surface area contributed by atoms with E-state index in [9.17, 15) is 0 Å². The average molecular weight is 230 g/mol. The molecule has 0 fully saturated rings. The molecule has 0 saturated carbocycles. The molecule has 1 aromatic carbocycles. The summed E-state index contributed by atoms with van der Waals surface area (Å²) in [6.45, 7) is 0. The van der Waals surface area contributed by atoms with Crippen molar-refractivity contribution in [2.45, 2.75) is 0 Å². The lowest BCUT2D eigenvalue weighted by atomic mass is 10.1. The molecule has 0 aliphatic heterocycles. The van der Waals surface area contributed by atoms with Crippen molar-refractivity contribution in [2.75, 3.05) is 0 Å². The maximum Gasteiger partial charge on any atom is 0.157 e. The van der Waals surface area contributed by atoms with Gasteiger partial charge in [0.15, 0.2) is 10.8 Å². The molecule has 3 aromatic rings. The minimum Gasteiger partial charge on any atom is -0.228 e. The smallest absolute Gasteiger partial charge is 0.157 e. The van der Waals surface area contributed by atoms with Crippen LogP contribution in [-0.2, 0) is 0 Å². The molecule has 0 aliphatic rings. The van der Waals surface area contributed by atoms with Gasteiger partial charge in [0.05, 0.1) is 5.69 Å². The Morgan fingerprint density at radius 1 is 1.06 bits per heavy atom. The fraction of sp³-hybridized carbons (Fsp3) is 0. The molecule has 2 heterocycles. The fourth-order valence-electron chi connectivity index (χ4n) is 1.62. The summed E-state index contributed by atoms with van der Waals surface area (Å²) in [5, 5.41) is 4.52. The molecule has 2 aromatic heterocycles. The Bertz CT molecular complexity index is 631. The molecule has 0 N–H and O–H groups in total. The Kier molecular flexibility index (Phi) is 2.11. The zero-order valence-corrected chi connectivity index (χ0v) is 9.09. The molecule has 78 valence electrons. The maximum absolute atomic E-state index is 5.81. The second-order valence-electron chi connectivity index (χ2n) is 3.45. The highest BCUT2D eigenvalue weighted by Crippen LogP contribution is 2.18. The van der Waals surface area contributed by atoms with Gasteiger partial charge in [-0.15, -0.1) is 0 Å². The second kappa shape index (κ2) is 3.61. The first-order valence-corrected chi connectivity index (χ1v) is 5.28. The van der Waals surface area contributed by atoms with Crippen molar-refractivity contribution in [3.8, 4) is 11.3 Å². The van der Waals surface area contributed by atoms with Gasteiger partial charge in [0.25, 0.3) is 0 Å². The molecule has 0 atom stereocenters. The van der Waals surface area contributed by atoms with E-state index in [2.05, 4.69) is 10.1 Å². The zero-order valence-electron chi connectivity index (χ0n) is 8.34. The Labute approximate surface area is 97.3 Å². The van der Waals surface area contributed by atoms with Crippen molar-refractivity contribution < 1.29 is 0 Å². The van der Waals surface area contributed by atoms with Crippen molar-refractivity contribution in [1.29, 1.82) is 0 Å². The van der Waals surface area contributed by atoms with E-state index in [1.807, 2.05) is 42.6 Å². The number of halogens is 1. The average Bonchev–Trinajstić information content (AvgIpc) is 2.69. The summed E-state index contributed by atoms with van der Waals surface area (Å²) >= 11 is 5.81. The summed E-state index contributed by atoms with van der Waals surface area (Å²) in [4.78, 5) is 4.48. The summed E-state index contributed by atoms with van der Waals surface area (Å²) < 4.78 is 1.66. The molecule has 0 radical (unpaired) electrons. The molecule has 0 unspecified atom stereocenters. The first kappa shape index (κ1) is 9.36. The topological polar surface area (TPSA) is 30.2 Å². The van der Waals surface area contributed by atoms with E-state index >= 15 is 0 Å². The lowest BCUT2D eigenvalue weighted by molar-refractivity contribution is 0.941. The number of fused-ring (bicyclic) bond motifs is 1. The molecule has 3 rings (SSSR count). The molecule has 0 amide bonds. The first-order valence-electron chi connectivity index (χ1n) is 4.90. The van der Waals surface area contributed by atoms with Gasteiger partial charge in [-0.25, -0.2) is 9.50 Å². The van der Waals surface area contributed by atoms with Gasteiger partial charge in [-0.2, -0.15) is 5.10 Å². The minimum atomic E-state index is 0.456. The van der Waals surface area contributed by atoms with Crippen molar-refractivity contribution >= 4 is 17.2 Å². The van der Waals surface area contributed by atoms with Gasteiger partial charge in [-0.1, -0.05) is 41.9 Å². The van der Waals surface area contributed by atoms with Crippen LogP contribution >= 0.6 is 11.6 Å². The van der Waals surface area contributed by atoms with Crippen molar-refractivity contribution in [3.63, 3.8) is 0 Å². The maximum atomic E-state index is 5.81. The molecule has 4 heteroatoms. The standard InChI is InChI=1S/C12H8ClN3/c13-11-8-12-14-10(6-7-16(12)15-11)9-4-2-1-3-5-9/h1-8H. The second-order valence-corrected chi connectivity index (χ2v) is 3.84. The Morgan fingerprint density at radius 2 is 1.88 bits per heavy atom. The minimum absolute atomic E-state index is 0.456. The van der Waals surface area contributed by atoms with Crippen molar-refractivity contribution in [3.05, 3.63) is 53.8 Å². The summed E-state index contributed by atoms with van der Waals surface area (Å²) in [5.74, 6) is 0. The predicted octanol–water partition coefficient (Wildman–Crippen LogP) is 3.05. The van der Waals surface area contributed by atoms with E-state index in [0.29, 0.717) is 5.15 Å². The number of hydrogen-bond acceptors (Lipinski definition) is 2. The van der Waals surface area contributed by atoms with Crippen LogP contribution in [0.2, 0.25) is 5.15 Å². The van der Waals surface area contributed by atoms with Gasteiger partial charge in [0, 0.05) is 17.8 Å². The zero-order chi connectivity index (χ0) is 11.0. The third kappa shape index (κ3) is 1.55. The van der Waals surface area contributed by atoms with E-state index in [1.54, 1.807) is 10.6 Å². The van der Waals surface area contributed by atoms with E-state index in [4.69, 9.17) is 11.6 Å². The summed E-state index contributed by atoms with van der Waals surface area (Å²) in [6, 6.07) is 13.7. The molecule has 0 bridgehead atoms. The molecule has 0 aliphatic carbocycles. The van der Waals surface area contributed by atoms with Crippen LogP contribution in [0.25, 0.3) is 16.9 Å².